The molecule has 0 aliphatic rings. The first-order chi connectivity index (χ1) is 11.8. The number of carbonyl (C=O) groups is 2. The molecule has 0 fully saturated rings. The number of nitrogen functional groups attached to an aromatic ring is 1. The number of nitro groups is 1. The van der Waals surface area contributed by atoms with Crippen LogP contribution in [0.2, 0.25) is 0 Å². The molecule has 0 radical (unpaired) electrons. The Bertz CT molecular complexity index is 614. The highest BCUT2D eigenvalue weighted by Crippen LogP contribution is 2.12. The van der Waals surface area contributed by atoms with Crippen molar-refractivity contribution in [1.82, 2.24) is 5.32 Å². The summed E-state index contributed by atoms with van der Waals surface area (Å²) in [6.07, 6.45) is -0.310. The van der Waals surface area contributed by atoms with Gasteiger partial charge in [0, 0.05) is 17.8 Å². The second-order valence-corrected chi connectivity index (χ2v) is 7.02. The van der Waals surface area contributed by atoms with Gasteiger partial charge >= 0.3 is 12.1 Å². The van der Waals surface area contributed by atoms with Crippen LogP contribution in [0.3, 0.4) is 0 Å². The summed E-state index contributed by atoms with van der Waals surface area (Å²) >= 11 is 0. The molecule has 10 heteroatoms. The number of hydrogen-bond donors (Lipinski definition) is 3. The molecule has 0 saturated carbocycles. The molecule has 1 rings (SSSR count). The maximum absolute atomic E-state index is 11.4. The fourth-order valence-corrected chi connectivity index (χ4v) is 1.74. The molecule has 1 aromatic rings. The fraction of sp³-hybridized carbons (Fsp3) is 0.529. The van der Waals surface area contributed by atoms with E-state index in [0.717, 1.165) is 0 Å². The summed E-state index contributed by atoms with van der Waals surface area (Å²) in [5.41, 5.74) is 5.28. The summed E-state index contributed by atoms with van der Waals surface area (Å²) in [5.74, 6) is -0.851. The number of alkyl carbamates (subject to hydrolysis) is 1. The number of ether oxygens (including phenoxy) is 1. The van der Waals surface area contributed by atoms with Gasteiger partial charge in [0.1, 0.15) is 11.6 Å². The van der Waals surface area contributed by atoms with Crippen LogP contribution in [0.1, 0.15) is 41.0 Å². The zero-order valence-electron chi connectivity index (χ0n) is 16.1. The molecule has 1 amide bonds. The number of hydrogen-bond acceptors (Lipinski definition) is 6. The van der Waals surface area contributed by atoms with E-state index in [1.54, 1.807) is 20.8 Å². The van der Waals surface area contributed by atoms with Gasteiger partial charge < -0.3 is 20.9 Å². The van der Waals surface area contributed by atoms with Gasteiger partial charge in [0.25, 0.3) is 5.69 Å². The van der Waals surface area contributed by atoms with Crippen LogP contribution in [0.4, 0.5) is 16.2 Å². The molecule has 9 nitrogen and oxygen atoms in total. The number of rotatable bonds is 5. The Hall–Kier alpha value is -2.55. The van der Waals surface area contributed by atoms with Crippen molar-refractivity contribution in [2.45, 2.75) is 52.7 Å². The molecular weight excluding hydrogens is 378 g/mol. The van der Waals surface area contributed by atoms with Crippen LogP contribution in [0, 0.1) is 16.0 Å². The monoisotopic (exact) mass is 405 g/mol. The molecule has 0 heterocycles. The van der Waals surface area contributed by atoms with E-state index in [-0.39, 0.29) is 24.0 Å². The smallest absolute Gasteiger partial charge is 0.408 e. The van der Waals surface area contributed by atoms with Gasteiger partial charge in [-0.1, -0.05) is 13.8 Å². The van der Waals surface area contributed by atoms with Crippen molar-refractivity contribution >= 4 is 35.8 Å². The number of amides is 1. The first-order valence-corrected chi connectivity index (χ1v) is 8.04. The van der Waals surface area contributed by atoms with Gasteiger partial charge in [-0.25, -0.2) is 9.59 Å². The Kier molecular flexibility index (Phi) is 11.8. The zero-order valence-corrected chi connectivity index (χ0v) is 16.9. The third kappa shape index (κ3) is 13.3. The van der Waals surface area contributed by atoms with Gasteiger partial charge in [0.05, 0.1) is 4.92 Å². The highest BCUT2D eigenvalue weighted by atomic mass is 35.5. The minimum Gasteiger partial charge on any atom is -0.480 e. The van der Waals surface area contributed by atoms with Crippen LogP contribution in [0.15, 0.2) is 24.3 Å². The Labute approximate surface area is 164 Å². The number of carboxylic acids is 1. The summed E-state index contributed by atoms with van der Waals surface area (Å²) in [6, 6.07) is 4.84. The van der Waals surface area contributed by atoms with E-state index < -0.39 is 28.6 Å². The molecule has 0 bridgehead atoms. The topological polar surface area (TPSA) is 145 Å². The molecule has 1 unspecified atom stereocenters. The van der Waals surface area contributed by atoms with Gasteiger partial charge in [0.15, 0.2) is 0 Å². The van der Waals surface area contributed by atoms with Gasteiger partial charge in [-0.05, 0) is 45.2 Å². The van der Waals surface area contributed by atoms with Gasteiger partial charge in [-0.15, -0.1) is 12.4 Å². The lowest BCUT2D eigenvalue weighted by atomic mass is 10.0. The average molecular weight is 406 g/mol. The lowest BCUT2D eigenvalue weighted by Gasteiger charge is -2.22. The van der Waals surface area contributed by atoms with Crippen LogP contribution in [0.25, 0.3) is 0 Å². The van der Waals surface area contributed by atoms with E-state index in [9.17, 15) is 19.7 Å². The van der Waals surface area contributed by atoms with E-state index in [4.69, 9.17) is 15.6 Å². The number of nitro benzene ring substituents is 1. The number of nitrogens with zero attached hydrogens (tertiary/aromatic N) is 1. The number of non-ortho nitro benzene ring substituents is 1. The lowest BCUT2D eigenvalue weighted by molar-refractivity contribution is -0.384. The van der Waals surface area contributed by atoms with Crippen molar-refractivity contribution in [2.24, 2.45) is 5.92 Å². The first-order valence-electron chi connectivity index (χ1n) is 8.04. The molecule has 154 valence electrons. The minimum absolute atomic E-state index is 0. The van der Waals surface area contributed by atoms with Crippen LogP contribution in [-0.2, 0) is 9.53 Å². The quantitative estimate of drug-likeness (QED) is 0.385. The molecule has 0 saturated heterocycles. The average Bonchev–Trinajstić information content (AvgIpc) is 2.45. The third-order valence-corrected chi connectivity index (χ3v) is 2.80. The van der Waals surface area contributed by atoms with Crippen molar-refractivity contribution in [3.8, 4) is 0 Å². The Morgan fingerprint density at radius 2 is 1.74 bits per heavy atom. The first kappa shape index (κ1) is 26.7. The highest BCUT2D eigenvalue weighted by Gasteiger charge is 2.24. The number of nitrogens with one attached hydrogen (secondary N) is 1. The summed E-state index contributed by atoms with van der Waals surface area (Å²) < 4.78 is 4.99. The van der Waals surface area contributed by atoms with Crippen LogP contribution >= 0.6 is 12.4 Å². The maximum atomic E-state index is 11.4. The van der Waals surface area contributed by atoms with Crippen LogP contribution in [-0.4, -0.2) is 33.7 Å². The number of halogens is 1. The van der Waals surface area contributed by atoms with E-state index >= 15 is 0 Å². The number of aliphatic carboxylic acids is 1. The predicted molar refractivity (Wildman–Crippen MR) is 105 cm³/mol. The van der Waals surface area contributed by atoms with Crippen LogP contribution < -0.4 is 11.1 Å². The molecule has 0 aromatic heterocycles. The van der Waals surface area contributed by atoms with Crippen molar-refractivity contribution in [1.29, 1.82) is 0 Å². The molecule has 27 heavy (non-hydrogen) atoms. The molecular formula is C17H28ClN3O6. The summed E-state index contributed by atoms with van der Waals surface area (Å²) in [5, 5.41) is 21.3. The zero-order chi connectivity index (χ0) is 20.5. The van der Waals surface area contributed by atoms with Crippen LogP contribution in [0.5, 0.6) is 0 Å². The lowest BCUT2D eigenvalue weighted by Crippen LogP contribution is -2.44. The summed E-state index contributed by atoms with van der Waals surface area (Å²) in [4.78, 5) is 31.8. The molecule has 1 atom stereocenters. The van der Waals surface area contributed by atoms with Gasteiger partial charge in [-0.2, -0.15) is 0 Å². The third-order valence-electron chi connectivity index (χ3n) is 2.80. The Balaban J connectivity index is 0. The van der Waals surface area contributed by atoms with Crippen molar-refractivity contribution in [3.05, 3.63) is 34.4 Å². The molecule has 0 spiro atoms. The van der Waals surface area contributed by atoms with E-state index in [1.807, 2.05) is 13.8 Å². The molecule has 1 aromatic carbocycles. The second kappa shape index (κ2) is 11.9. The SMILES string of the molecule is CC(C)CC(NC(=O)OC(C)(C)C)C(=O)O.Cl.Nc1ccc([N+](=O)[O-])cc1. The maximum Gasteiger partial charge on any atom is 0.408 e. The molecule has 0 aliphatic carbocycles. The number of carboxylic acid groups (broad SMARTS) is 1. The highest BCUT2D eigenvalue weighted by molar-refractivity contribution is 5.85. The van der Waals surface area contributed by atoms with E-state index in [2.05, 4.69) is 5.32 Å². The van der Waals surface area contributed by atoms with Gasteiger partial charge in [-0.3, -0.25) is 10.1 Å². The molecule has 4 N–H and O–H groups in total. The van der Waals surface area contributed by atoms with Crippen molar-refractivity contribution in [2.75, 3.05) is 5.73 Å². The number of nitrogens with two attached hydrogens (primary N) is 1. The standard InChI is InChI=1S/C11H21NO4.C6H6N2O2.ClH/c1-7(2)6-8(9(13)14)12-10(15)16-11(3,4)5;7-5-1-3-6(4-2-5)8(9)10;/h7-8H,6H2,1-5H3,(H,12,15)(H,13,14);1-4H,7H2;1H. The summed E-state index contributed by atoms with van der Waals surface area (Å²) in [7, 11) is 0. The van der Waals surface area contributed by atoms with Crippen molar-refractivity contribution in [3.63, 3.8) is 0 Å². The normalized spacial score (nSPS) is 11.3. The largest absolute Gasteiger partial charge is 0.480 e. The minimum atomic E-state index is -1.04. The number of benzene rings is 1. The summed E-state index contributed by atoms with van der Waals surface area (Å²) in [6.45, 7) is 8.97. The van der Waals surface area contributed by atoms with Gasteiger partial charge in [0.2, 0.25) is 0 Å². The molecule has 0 aliphatic heterocycles. The Morgan fingerprint density at radius 3 is 2.07 bits per heavy atom. The van der Waals surface area contributed by atoms with E-state index in [1.165, 1.54) is 24.3 Å². The number of carbonyl (C=O) groups excluding carboxylic acids is 1. The van der Waals surface area contributed by atoms with Crippen molar-refractivity contribution < 1.29 is 24.4 Å². The Morgan fingerprint density at radius 1 is 1.26 bits per heavy atom. The number of anilines is 1. The predicted octanol–water partition coefficient (Wildman–Crippen LogP) is 3.61. The second-order valence-electron chi connectivity index (χ2n) is 7.02. The van der Waals surface area contributed by atoms with E-state index in [0.29, 0.717) is 12.1 Å². The fourth-order valence-electron chi connectivity index (χ4n) is 1.74.